The number of nitrogens with one attached hydrogen (secondary N) is 2. The number of amides is 3. The minimum atomic E-state index is -1.38. The van der Waals surface area contributed by atoms with Crippen LogP contribution in [0.3, 0.4) is 0 Å². The predicted octanol–water partition coefficient (Wildman–Crippen LogP) is 0.903. The molecule has 1 saturated carbocycles. The summed E-state index contributed by atoms with van der Waals surface area (Å²) in [5, 5.41) is 24.5. The first-order valence-corrected chi connectivity index (χ1v) is 13.2. The summed E-state index contributed by atoms with van der Waals surface area (Å²) in [5.41, 5.74) is 5.80. The van der Waals surface area contributed by atoms with Gasteiger partial charge < -0.3 is 31.5 Å². The van der Waals surface area contributed by atoms with E-state index in [2.05, 4.69) is 15.6 Å². The number of pyridine rings is 1. The van der Waals surface area contributed by atoms with Gasteiger partial charge in [0.2, 0.25) is 11.8 Å². The van der Waals surface area contributed by atoms with Gasteiger partial charge in [-0.3, -0.25) is 19.4 Å². The highest BCUT2D eigenvalue weighted by Crippen LogP contribution is 2.40. The number of hydrogen-bond donors (Lipinski definition) is 5. The van der Waals surface area contributed by atoms with Gasteiger partial charge >= 0.3 is 11.9 Å². The number of fused-ring (bicyclic) bond motifs is 1. The number of hydrogen-bond acceptors (Lipinski definition) is 7. The number of carboxylic acid groups (broad SMARTS) is 2. The first-order valence-electron chi connectivity index (χ1n) is 13.2. The molecule has 3 amide bonds. The van der Waals surface area contributed by atoms with E-state index in [9.17, 15) is 34.2 Å². The zero-order valence-corrected chi connectivity index (χ0v) is 21.4. The molecule has 12 nitrogen and oxygen atoms in total. The second kappa shape index (κ2) is 13.8. The molecule has 1 aromatic heterocycles. The van der Waals surface area contributed by atoms with Gasteiger partial charge in [0.15, 0.2) is 0 Å². The van der Waals surface area contributed by atoms with E-state index in [1.165, 1.54) is 17.3 Å². The molecule has 3 rings (SSSR count). The molecular formula is C26H37N5O7. The Labute approximate surface area is 221 Å². The lowest BCUT2D eigenvalue weighted by atomic mass is 9.84. The Bertz CT molecular complexity index is 1000. The van der Waals surface area contributed by atoms with Crippen molar-refractivity contribution in [2.75, 3.05) is 6.54 Å². The van der Waals surface area contributed by atoms with Gasteiger partial charge in [-0.2, -0.15) is 0 Å². The van der Waals surface area contributed by atoms with Gasteiger partial charge in [-0.15, -0.1) is 0 Å². The molecule has 0 aromatic carbocycles. The van der Waals surface area contributed by atoms with Crippen LogP contribution in [-0.4, -0.2) is 80.5 Å². The van der Waals surface area contributed by atoms with Crippen molar-refractivity contribution in [2.24, 2.45) is 11.7 Å². The number of likely N-dealkylation sites (tertiary alicyclic amines) is 1. The molecular weight excluding hydrogens is 494 g/mol. The molecule has 1 saturated heterocycles. The number of aliphatic carboxylic acids is 2. The topological polar surface area (TPSA) is 192 Å². The molecule has 38 heavy (non-hydrogen) atoms. The number of nitrogens with two attached hydrogens (primary N) is 1. The van der Waals surface area contributed by atoms with E-state index in [0.29, 0.717) is 25.8 Å². The highest BCUT2D eigenvalue weighted by Gasteiger charge is 2.47. The van der Waals surface area contributed by atoms with Crippen molar-refractivity contribution in [3.63, 3.8) is 0 Å². The quantitative estimate of drug-likeness (QED) is 0.230. The van der Waals surface area contributed by atoms with E-state index < -0.39 is 47.8 Å². The Morgan fingerprint density at radius 1 is 1.05 bits per heavy atom. The van der Waals surface area contributed by atoms with Crippen molar-refractivity contribution < 1.29 is 34.2 Å². The van der Waals surface area contributed by atoms with Gasteiger partial charge in [0.05, 0.1) is 5.56 Å². The van der Waals surface area contributed by atoms with E-state index in [4.69, 9.17) is 5.73 Å². The van der Waals surface area contributed by atoms with Crippen LogP contribution in [0.15, 0.2) is 24.5 Å². The van der Waals surface area contributed by atoms with E-state index in [1.54, 1.807) is 12.1 Å². The van der Waals surface area contributed by atoms with Gasteiger partial charge in [-0.1, -0.05) is 12.8 Å². The van der Waals surface area contributed by atoms with E-state index in [-0.39, 0.29) is 36.8 Å². The standard InChI is InChI=1S/C26H37N5O7/c27-12-4-3-8-18(29-23(33)17-7-5-13-28-15-17)24(34)30-19(25(35)36)10-11-22(32)31-20-9-2-1-6-16(20)14-21(31)26(37)38/h5,7,13,15-16,18-21H,1-4,6,8-12,14,27H2,(H,29,33)(H,30,34)(H,35,36)(H,37,38). The van der Waals surface area contributed by atoms with Crippen molar-refractivity contribution >= 4 is 29.7 Å². The van der Waals surface area contributed by atoms with Crippen molar-refractivity contribution in [2.45, 2.75) is 88.4 Å². The van der Waals surface area contributed by atoms with Crippen molar-refractivity contribution in [1.29, 1.82) is 0 Å². The molecule has 208 valence electrons. The van der Waals surface area contributed by atoms with Crippen LogP contribution in [0, 0.1) is 5.92 Å². The molecule has 0 bridgehead atoms. The number of carbonyl (C=O) groups excluding carboxylic acids is 3. The molecule has 2 aliphatic rings. The summed E-state index contributed by atoms with van der Waals surface area (Å²) >= 11 is 0. The normalized spacial score (nSPS) is 22.1. The average Bonchev–Trinajstić information content (AvgIpc) is 3.30. The van der Waals surface area contributed by atoms with Crippen molar-refractivity contribution in [3.05, 3.63) is 30.1 Å². The average molecular weight is 532 g/mol. The van der Waals surface area contributed by atoms with Crippen LogP contribution < -0.4 is 16.4 Å². The molecule has 0 spiro atoms. The summed E-state index contributed by atoms with van der Waals surface area (Å²) in [7, 11) is 0. The lowest BCUT2D eigenvalue weighted by molar-refractivity contribution is -0.150. The van der Waals surface area contributed by atoms with Gasteiger partial charge in [-0.05, 0) is 69.5 Å². The maximum Gasteiger partial charge on any atom is 0.326 e. The fraction of sp³-hybridized carbons (Fsp3) is 0.615. The van der Waals surface area contributed by atoms with Crippen LogP contribution in [0.4, 0.5) is 0 Å². The molecule has 5 atom stereocenters. The number of carbonyl (C=O) groups is 5. The maximum absolute atomic E-state index is 13.1. The fourth-order valence-electron chi connectivity index (χ4n) is 5.47. The Kier molecular flexibility index (Phi) is 10.6. The number of carboxylic acids is 2. The molecule has 1 aliphatic carbocycles. The zero-order chi connectivity index (χ0) is 27.7. The Morgan fingerprint density at radius 3 is 2.47 bits per heavy atom. The van der Waals surface area contributed by atoms with Crippen LogP contribution in [0.2, 0.25) is 0 Å². The van der Waals surface area contributed by atoms with Crippen LogP contribution in [0.1, 0.15) is 74.6 Å². The monoisotopic (exact) mass is 531 g/mol. The van der Waals surface area contributed by atoms with Crippen LogP contribution in [0.5, 0.6) is 0 Å². The Morgan fingerprint density at radius 2 is 1.82 bits per heavy atom. The molecule has 12 heteroatoms. The smallest absolute Gasteiger partial charge is 0.326 e. The first-order chi connectivity index (χ1) is 18.2. The van der Waals surface area contributed by atoms with Gasteiger partial charge in [0.1, 0.15) is 18.1 Å². The maximum atomic E-state index is 13.1. The van der Waals surface area contributed by atoms with Crippen molar-refractivity contribution in [3.8, 4) is 0 Å². The van der Waals surface area contributed by atoms with Crippen LogP contribution >= 0.6 is 0 Å². The van der Waals surface area contributed by atoms with E-state index >= 15 is 0 Å². The van der Waals surface area contributed by atoms with Crippen molar-refractivity contribution in [1.82, 2.24) is 20.5 Å². The van der Waals surface area contributed by atoms with Crippen LogP contribution in [-0.2, 0) is 19.2 Å². The van der Waals surface area contributed by atoms with Gasteiger partial charge in [0, 0.05) is 24.9 Å². The third kappa shape index (κ3) is 7.50. The number of nitrogens with zero attached hydrogens (tertiary/aromatic N) is 2. The third-order valence-corrected chi connectivity index (χ3v) is 7.42. The second-order valence-corrected chi connectivity index (χ2v) is 9.99. The lowest BCUT2D eigenvalue weighted by Gasteiger charge is -2.33. The van der Waals surface area contributed by atoms with E-state index in [0.717, 1.165) is 25.7 Å². The van der Waals surface area contributed by atoms with Gasteiger partial charge in [0.25, 0.3) is 5.91 Å². The van der Waals surface area contributed by atoms with E-state index in [1.807, 2.05) is 0 Å². The molecule has 2 heterocycles. The summed E-state index contributed by atoms with van der Waals surface area (Å²) in [6.45, 7) is 0.403. The molecule has 0 radical (unpaired) electrons. The molecule has 1 aromatic rings. The largest absolute Gasteiger partial charge is 0.480 e. The first kappa shape index (κ1) is 29.0. The fourth-order valence-corrected chi connectivity index (χ4v) is 5.47. The molecule has 2 fully saturated rings. The molecule has 1 aliphatic heterocycles. The molecule has 6 N–H and O–H groups in total. The predicted molar refractivity (Wildman–Crippen MR) is 136 cm³/mol. The third-order valence-electron chi connectivity index (χ3n) is 7.42. The highest BCUT2D eigenvalue weighted by molar-refractivity contribution is 5.98. The summed E-state index contributed by atoms with van der Waals surface area (Å²) < 4.78 is 0. The molecule has 5 unspecified atom stereocenters. The summed E-state index contributed by atoms with van der Waals surface area (Å²) in [6, 6.07) is -0.326. The van der Waals surface area contributed by atoms with Crippen LogP contribution in [0.25, 0.3) is 0 Å². The minimum Gasteiger partial charge on any atom is -0.480 e. The number of rotatable bonds is 13. The SMILES string of the molecule is NCCCCC(NC(=O)c1cccnc1)C(=O)NC(CCC(=O)N1C(C(=O)O)CC2CCCCC21)C(=O)O. The Balaban J connectivity index is 1.64. The second-order valence-electron chi connectivity index (χ2n) is 9.99. The lowest BCUT2D eigenvalue weighted by Crippen LogP contribution is -2.52. The Hall–Kier alpha value is -3.54. The number of aromatic nitrogens is 1. The number of unbranched alkanes of at least 4 members (excludes halogenated alkanes) is 1. The summed E-state index contributed by atoms with van der Waals surface area (Å²) in [4.78, 5) is 67.9. The summed E-state index contributed by atoms with van der Waals surface area (Å²) in [6.07, 6.45) is 7.79. The summed E-state index contributed by atoms with van der Waals surface area (Å²) in [5.74, 6) is -3.87. The minimum absolute atomic E-state index is 0.140. The van der Waals surface area contributed by atoms with Gasteiger partial charge in [-0.25, -0.2) is 9.59 Å². The zero-order valence-electron chi connectivity index (χ0n) is 21.4. The highest BCUT2D eigenvalue weighted by atomic mass is 16.4.